The first-order chi connectivity index (χ1) is 9.63. The molecule has 2 rings (SSSR count). The zero-order chi connectivity index (χ0) is 14.5. The van der Waals surface area contributed by atoms with Crippen LogP contribution >= 0.6 is 12.6 Å². The fraction of sp³-hybridized carbons (Fsp3) is 0.562. The topological polar surface area (TPSA) is 29.5 Å². The Labute approximate surface area is 126 Å². The molecule has 20 heavy (non-hydrogen) atoms. The molecule has 1 fully saturated rings. The smallest absolute Gasteiger partial charge is 0.190 e. The van der Waals surface area contributed by atoms with Crippen LogP contribution in [0, 0.1) is 5.92 Å². The molecule has 0 aromatic heterocycles. The molecule has 1 saturated heterocycles. The highest BCUT2D eigenvalue weighted by molar-refractivity contribution is 7.96. The number of ether oxygens (including phenoxy) is 1. The second-order valence-electron chi connectivity index (χ2n) is 5.44. The number of hydrogen-bond donors (Lipinski definition) is 1. The number of likely N-dealkylation sites (tertiary alicyclic amines) is 1. The Morgan fingerprint density at radius 2 is 1.80 bits per heavy atom. The number of benzene rings is 1. The van der Waals surface area contributed by atoms with Crippen LogP contribution in [0.1, 0.15) is 37.8 Å². The van der Waals surface area contributed by atoms with Gasteiger partial charge in [-0.25, -0.2) is 0 Å². The van der Waals surface area contributed by atoms with Crippen LogP contribution in [-0.2, 0) is 4.79 Å². The molecule has 2 atom stereocenters. The predicted octanol–water partition coefficient (Wildman–Crippen LogP) is 3.31. The van der Waals surface area contributed by atoms with E-state index in [0.717, 1.165) is 18.8 Å². The normalized spacial score (nSPS) is 19.4. The molecule has 1 aromatic carbocycles. The third kappa shape index (κ3) is 3.55. The van der Waals surface area contributed by atoms with Crippen LogP contribution < -0.4 is 4.74 Å². The molecule has 0 radical (unpaired) electrons. The molecule has 0 saturated carbocycles. The van der Waals surface area contributed by atoms with Gasteiger partial charge in [0.15, 0.2) is 5.12 Å². The van der Waals surface area contributed by atoms with E-state index in [0.29, 0.717) is 0 Å². The molecule has 1 aromatic rings. The van der Waals surface area contributed by atoms with Crippen LogP contribution in [0.4, 0.5) is 0 Å². The Balaban J connectivity index is 2.26. The van der Waals surface area contributed by atoms with E-state index in [2.05, 4.69) is 29.7 Å². The van der Waals surface area contributed by atoms with Gasteiger partial charge in [0.05, 0.1) is 7.11 Å². The molecule has 110 valence electrons. The molecular weight excluding hydrogens is 270 g/mol. The van der Waals surface area contributed by atoms with Crippen molar-refractivity contribution < 1.29 is 9.53 Å². The number of piperidine rings is 1. The third-order valence-corrected chi connectivity index (χ3v) is 4.51. The van der Waals surface area contributed by atoms with Gasteiger partial charge < -0.3 is 4.74 Å². The van der Waals surface area contributed by atoms with Gasteiger partial charge in [-0.05, 0) is 43.6 Å². The molecule has 3 nitrogen and oxygen atoms in total. The van der Waals surface area contributed by atoms with Gasteiger partial charge in [-0.2, -0.15) is 0 Å². The van der Waals surface area contributed by atoms with E-state index in [1.165, 1.54) is 24.8 Å². The molecule has 2 unspecified atom stereocenters. The van der Waals surface area contributed by atoms with Crippen molar-refractivity contribution in [2.45, 2.75) is 32.2 Å². The summed E-state index contributed by atoms with van der Waals surface area (Å²) in [6, 6.07) is 8.16. The SMILES string of the molecule is COc1ccc(C(C(C)C(=O)S)N2CCCCC2)cc1. The number of thiol groups is 1. The van der Waals surface area contributed by atoms with Gasteiger partial charge in [0.1, 0.15) is 5.75 Å². The highest BCUT2D eigenvalue weighted by Crippen LogP contribution is 2.33. The van der Waals surface area contributed by atoms with Gasteiger partial charge in [0, 0.05) is 12.0 Å². The molecule has 1 aliphatic heterocycles. The molecular formula is C16H23NO2S. The first kappa shape index (κ1) is 15.4. The number of nitrogens with zero attached hydrogens (tertiary/aromatic N) is 1. The van der Waals surface area contributed by atoms with Gasteiger partial charge in [0.25, 0.3) is 0 Å². The van der Waals surface area contributed by atoms with Crippen LogP contribution in [0.2, 0.25) is 0 Å². The van der Waals surface area contributed by atoms with Gasteiger partial charge in [-0.3, -0.25) is 9.69 Å². The van der Waals surface area contributed by atoms with Crippen molar-refractivity contribution in [3.8, 4) is 5.75 Å². The number of methoxy groups -OCH3 is 1. The fourth-order valence-electron chi connectivity index (χ4n) is 2.95. The van der Waals surface area contributed by atoms with E-state index in [1.54, 1.807) is 7.11 Å². The van der Waals surface area contributed by atoms with Crippen LogP contribution in [0.5, 0.6) is 5.75 Å². The molecule has 1 aliphatic rings. The minimum absolute atomic E-state index is 0.0450. The number of hydrogen-bond acceptors (Lipinski definition) is 3. The van der Waals surface area contributed by atoms with Crippen molar-refractivity contribution in [3.63, 3.8) is 0 Å². The zero-order valence-corrected chi connectivity index (χ0v) is 13.1. The quantitative estimate of drug-likeness (QED) is 0.845. The zero-order valence-electron chi connectivity index (χ0n) is 12.2. The van der Waals surface area contributed by atoms with Crippen molar-refractivity contribution in [2.24, 2.45) is 5.92 Å². The Morgan fingerprint density at radius 3 is 2.30 bits per heavy atom. The van der Waals surface area contributed by atoms with E-state index >= 15 is 0 Å². The summed E-state index contributed by atoms with van der Waals surface area (Å²) >= 11 is 4.05. The molecule has 1 heterocycles. The van der Waals surface area contributed by atoms with Crippen molar-refractivity contribution in [1.29, 1.82) is 0 Å². The standard InChI is InChI=1S/C16H23NO2S/c1-12(16(18)20)15(17-10-4-3-5-11-17)13-6-8-14(19-2)9-7-13/h6-9,12,15H,3-5,10-11H2,1-2H3,(H,18,20). The van der Waals surface area contributed by atoms with E-state index in [4.69, 9.17) is 4.74 Å². The van der Waals surface area contributed by atoms with Gasteiger partial charge >= 0.3 is 0 Å². The second kappa shape index (κ2) is 7.14. The number of carbonyl (C=O) groups excluding carboxylic acids is 1. The lowest BCUT2D eigenvalue weighted by molar-refractivity contribution is -0.116. The van der Waals surface area contributed by atoms with E-state index in [-0.39, 0.29) is 17.1 Å². The Hall–Kier alpha value is -1.00. The lowest BCUT2D eigenvalue weighted by Crippen LogP contribution is -2.38. The summed E-state index contributed by atoms with van der Waals surface area (Å²) < 4.78 is 5.21. The summed E-state index contributed by atoms with van der Waals surface area (Å²) in [5, 5.41) is -0.0450. The van der Waals surface area contributed by atoms with Crippen molar-refractivity contribution >= 4 is 17.7 Å². The highest BCUT2D eigenvalue weighted by Gasteiger charge is 2.30. The lowest BCUT2D eigenvalue weighted by atomic mass is 9.92. The molecule has 4 heteroatoms. The average molecular weight is 293 g/mol. The van der Waals surface area contributed by atoms with Crippen LogP contribution in [0.3, 0.4) is 0 Å². The van der Waals surface area contributed by atoms with Crippen molar-refractivity contribution in [1.82, 2.24) is 4.90 Å². The maximum Gasteiger partial charge on any atom is 0.190 e. The minimum atomic E-state index is -0.107. The first-order valence-electron chi connectivity index (χ1n) is 7.24. The van der Waals surface area contributed by atoms with Crippen molar-refractivity contribution in [2.75, 3.05) is 20.2 Å². The van der Waals surface area contributed by atoms with E-state index < -0.39 is 0 Å². The second-order valence-corrected chi connectivity index (χ2v) is 5.88. The van der Waals surface area contributed by atoms with Crippen LogP contribution in [0.25, 0.3) is 0 Å². The summed E-state index contributed by atoms with van der Waals surface area (Å²) in [5.41, 5.74) is 1.17. The summed E-state index contributed by atoms with van der Waals surface area (Å²) in [6.07, 6.45) is 3.70. The molecule has 0 bridgehead atoms. The molecule has 0 spiro atoms. The summed E-state index contributed by atoms with van der Waals surface area (Å²) in [5.74, 6) is 0.737. The highest BCUT2D eigenvalue weighted by atomic mass is 32.1. The number of carbonyl (C=O) groups is 1. The summed E-state index contributed by atoms with van der Waals surface area (Å²) in [4.78, 5) is 14.2. The largest absolute Gasteiger partial charge is 0.497 e. The molecule has 0 amide bonds. The maximum atomic E-state index is 11.7. The van der Waals surface area contributed by atoms with E-state index in [1.807, 2.05) is 19.1 Å². The average Bonchev–Trinajstić information content (AvgIpc) is 2.49. The van der Waals surface area contributed by atoms with Crippen LogP contribution in [0.15, 0.2) is 24.3 Å². The van der Waals surface area contributed by atoms with Crippen molar-refractivity contribution in [3.05, 3.63) is 29.8 Å². The minimum Gasteiger partial charge on any atom is -0.497 e. The fourth-order valence-corrected chi connectivity index (χ4v) is 3.09. The van der Waals surface area contributed by atoms with E-state index in [9.17, 15) is 4.79 Å². The third-order valence-electron chi connectivity index (χ3n) is 4.10. The monoisotopic (exact) mass is 293 g/mol. The summed E-state index contributed by atoms with van der Waals surface area (Å²) in [6.45, 7) is 4.09. The van der Waals surface area contributed by atoms with Crippen LogP contribution in [-0.4, -0.2) is 30.2 Å². The Kier molecular flexibility index (Phi) is 5.49. The van der Waals surface area contributed by atoms with Gasteiger partial charge in [-0.1, -0.05) is 25.5 Å². The Bertz CT molecular complexity index is 440. The number of rotatable bonds is 5. The first-order valence-corrected chi connectivity index (χ1v) is 7.69. The summed E-state index contributed by atoms with van der Waals surface area (Å²) in [7, 11) is 1.66. The maximum absolute atomic E-state index is 11.7. The predicted molar refractivity (Wildman–Crippen MR) is 84.3 cm³/mol. The molecule has 0 N–H and O–H groups in total. The lowest BCUT2D eigenvalue weighted by Gasteiger charge is -2.37. The van der Waals surface area contributed by atoms with Gasteiger partial charge in [0.2, 0.25) is 0 Å². The molecule has 0 aliphatic carbocycles. The van der Waals surface area contributed by atoms with Gasteiger partial charge in [-0.15, -0.1) is 12.6 Å². The Morgan fingerprint density at radius 1 is 1.20 bits per heavy atom.